The van der Waals surface area contributed by atoms with Crippen molar-refractivity contribution in [1.29, 1.82) is 0 Å². The third-order valence-electron chi connectivity index (χ3n) is 5.27. The highest BCUT2D eigenvalue weighted by Gasteiger charge is 2.30. The topological polar surface area (TPSA) is 75.7 Å². The van der Waals surface area contributed by atoms with Crippen LogP contribution in [-0.4, -0.2) is 38.8 Å². The van der Waals surface area contributed by atoms with Crippen LogP contribution in [0.2, 0.25) is 0 Å². The van der Waals surface area contributed by atoms with Crippen LogP contribution in [0.4, 0.5) is 0 Å². The van der Waals surface area contributed by atoms with Crippen molar-refractivity contribution in [2.24, 2.45) is 5.92 Å². The number of benzene rings is 2. The molecule has 1 atom stereocenters. The first-order valence-corrected chi connectivity index (χ1v) is 11.4. The minimum absolute atomic E-state index is 0.0177. The lowest BCUT2D eigenvalue weighted by atomic mass is 9.94. The average Bonchev–Trinajstić information content (AvgIpc) is 2.77. The van der Waals surface area contributed by atoms with E-state index in [0.717, 1.165) is 24.2 Å². The zero-order chi connectivity index (χ0) is 20.7. The number of carbonyl (C=O) groups is 1. The lowest BCUT2D eigenvalue weighted by molar-refractivity contribution is -0.121. The van der Waals surface area contributed by atoms with Crippen LogP contribution in [0.5, 0.6) is 5.75 Å². The molecule has 6 nitrogen and oxygen atoms in total. The van der Waals surface area contributed by atoms with E-state index in [4.69, 9.17) is 4.74 Å². The van der Waals surface area contributed by atoms with E-state index in [0.29, 0.717) is 37.4 Å². The first-order chi connectivity index (χ1) is 14.0. The number of hydrogen-bond acceptors (Lipinski definition) is 4. The minimum atomic E-state index is -3.47. The zero-order valence-electron chi connectivity index (χ0n) is 16.7. The van der Waals surface area contributed by atoms with Gasteiger partial charge >= 0.3 is 0 Å². The molecule has 1 N–H and O–H groups in total. The predicted molar refractivity (Wildman–Crippen MR) is 112 cm³/mol. The fourth-order valence-corrected chi connectivity index (χ4v) is 5.20. The summed E-state index contributed by atoms with van der Waals surface area (Å²) < 4.78 is 32.4. The van der Waals surface area contributed by atoms with Crippen LogP contribution in [0.25, 0.3) is 0 Å². The lowest BCUT2D eigenvalue weighted by Crippen LogP contribution is -2.40. The van der Waals surface area contributed by atoms with Crippen LogP contribution in [0, 0.1) is 5.92 Å². The summed E-state index contributed by atoms with van der Waals surface area (Å²) in [6.07, 6.45) is 2.85. The molecule has 1 aliphatic heterocycles. The number of nitrogens with one attached hydrogen (secondary N) is 1. The number of methoxy groups -OCH3 is 1. The Morgan fingerprint density at radius 3 is 2.72 bits per heavy atom. The molecule has 1 fully saturated rings. The van der Waals surface area contributed by atoms with Crippen LogP contribution in [0.3, 0.4) is 0 Å². The van der Waals surface area contributed by atoms with Gasteiger partial charge in [0.25, 0.3) is 0 Å². The predicted octanol–water partition coefficient (Wildman–Crippen LogP) is 3.19. The molecule has 29 heavy (non-hydrogen) atoms. The first-order valence-electron chi connectivity index (χ1n) is 9.94. The monoisotopic (exact) mass is 416 g/mol. The number of sulfonamides is 1. The van der Waals surface area contributed by atoms with Crippen molar-refractivity contribution in [3.63, 3.8) is 0 Å². The molecular formula is C22H28N2O4S. The lowest BCUT2D eigenvalue weighted by Gasteiger charge is -2.31. The standard InChI is InChI=1S/C22H28N2O4S/c1-28-20-9-5-7-19(15-20)16-23-22(25)13-12-18-8-6-14-24(17-18)29(26,27)21-10-3-2-4-11-21/h2-5,7,9-11,15,18H,6,8,12-14,16-17H2,1H3,(H,23,25). The maximum Gasteiger partial charge on any atom is 0.243 e. The average molecular weight is 417 g/mol. The van der Waals surface area contributed by atoms with E-state index < -0.39 is 10.0 Å². The smallest absolute Gasteiger partial charge is 0.243 e. The fourth-order valence-electron chi connectivity index (χ4n) is 3.63. The van der Waals surface area contributed by atoms with E-state index in [1.807, 2.05) is 30.3 Å². The molecule has 1 heterocycles. The van der Waals surface area contributed by atoms with Crippen molar-refractivity contribution >= 4 is 15.9 Å². The van der Waals surface area contributed by atoms with Crippen molar-refractivity contribution < 1.29 is 17.9 Å². The Morgan fingerprint density at radius 2 is 1.97 bits per heavy atom. The summed E-state index contributed by atoms with van der Waals surface area (Å²) >= 11 is 0. The maximum atomic E-state index is 12.8. The number of ether oxygens (including phenoxy) is 1. The van der Waals surface area contributed by atoms with Gasteiger partial charge in [-0.05, 0) is 55.0 Å². The zero-order valence-corrected chi connectivity index (χ0v) is 17.5. The highest BCUT2D eigenvalue weighted by atomic mass is 32.2. The van der Waals surface area contributed by atoms with Crippen LogP contribution in [0.1, 0.15) is 31.2 Å². The number of carbonyl (C=O) groups excluding carboxylic acids is 1. The Kier molecular flexibility index (Phi) is 7.28. The summed E-state index contributed by atoms with van der Waals surface area (Å²) in [5, 5.41) is 2.93. The number of piperidine rings is 1. The number of nitrogens with zero attached hydrogens (tertiary/aromatic N) is 1. The molecule has 0 spiro atoms. The Bertz CT molecular complexity index is 915. The second kappa shape index (κ2) is 9.89. The third kappa shape index (κ3) is 5.81. The Labute approximate surface area is 172 Å². The van der Waals surface area contributed by atoms with E-state index >= 15 is 0 Å². The highest BCUT2D eigenvalue weighted by Crippen LogP contribution is 2.26. The minimum Gasteiger partial charge on any atom is -0.497 e. The van der Waals surface area contributed by atoms with Gasteiger partial charge in [-0.3, -0.25) is 4.79 Å². The summed E-state index contributed by atoms with van der Waals surface area (Å²) in [5.74, 6) is 0.944. The SMILES string of the molecule is COc1cccc(CNC(=O)CCC2CCCN(S(=O)(=O)c3ccccc3)C2)c1. The molecule has 1 amide bonds. The molecule has 2 aromatic carbocycles. The van der Waals surface area contributed by atoms with Gasteiger partial charge in [0.2, 0.25) is 15.9 Å². The van der Waals surface area contributed by atoms with Crippen molar-refractivity contribution in [2.75, 3.05) is 20.2 Å². The summed E-state index contributed by atoms with van der Waals surface area (Å²) in [7, 11) is -1.85. The van der Waals surface area contributed by atoms with E-state index in [9.17, 15) is 13.2 Å². The number of amides is 1. The van der Waals surface area contributed by atoms with E-state index in [1.54, 1.807) is 35.7 Å². The molecule has 0 bridgehead atoms. The van der Waals surface area contributed by atoms with Crippen molar-refractivity contribution in [3.8, 4) is 5.75 Å². The van der Waals surface area contributed by atoms with Gasteiger partial charge in [-0.15, -0.1) is 0 Å². The first kappa shape index (κ1) is 21.3. The number of rotatable bonds is 8. The maximum absolute atomic E-state index is 12.8. The van der Waals surface area contributed by atoms with E-state index in [1.165, 1.54) is 0 Å². The molecule has 0 aliphatic carbocycles. The normalized spacial score (nSPS) is 17.6. The van der Waals surface area contributed by atoms with Gasteiger partial charge in [-0.25, -0.2) is 8.42 Å². The van der Waals surface area contributed by atoms with Crippen LogP contribution >= 0.6 is 0 Å². The molecule has 7 heteroatoms. The van der Waals surface area contributed by atoms with E-state index in [-0.39, 0.29) is 11.8 Å². The summed E-state index contributed by atoms with van der Waals surface area (Å²) in [5.41, 5.74) is 0.982. The molecule has 156 valence electrons. The van der Waals surface area contributed by atoms with Crippen LogP contribution < -0.4 is 10.1 Å². The highest BCUT2D eigenvalue weighted by molar-refractivity contribution is 7.89. The van der Waals surface area contributed by atoms with Gasteiger partial charge in [0.15, 0.2) is 0 Å². The molecule has 2 aromatic rings. The van der Waals surface area contributed by atoms with Gasteiger partial charge < -0.3 is 10.1 Å². The molecule has 0 aromatic heterocycles. The molecular weight excluding hydrogens is 388 g/mol. The number of hydrogen-bond donors (Lipinski definition) is 1. The molecule has 1 saturated heterocycles. The van der Waals surface area contributed by atoms with Crippen LogP contribution in [-0.2, 0) is 21.4 Å². The second-order valence-corrected chi connectivity index (χ2v) is 9.29. The van der Waals surface area contributed by atoms with E-state index in [2.05, 4.69) is 5.32 Å². The van der Waals surface area contributed by atoms with Gasteiger partial charge in [-0.2, -0.15) is 4.31 Å². The Hall–Kier alpha value is -2.38. The van der Waals surface area contributed by atoms with Gasteiger partial charge in [0.05, 0.1) is 12.0 Å². The summed E-state index contributed by atoms with van der Waals surface area (Å²) in [6.45, 7) is 1.46. The summed E-state index contributed by atoms with van der Waals surface area (Å²) in [6, 6.07) is 16.1. The molecule has 0 saturated carbocycles. The Morgan fingerprint density at radius 1 is 1.17 bits per heavy atom. The van der Waals surface area contributed by atoms with Crippen LogP contribution in [0.15, 0.2) is 59.5 Å². The summed E-state index contributed by atoms with van der Waals surface area (Å²) in [4.78, 5) is 12.6. The molecule has 1 aliphatic rings. The van der Waals surface area contributed by atoms with Crippen molar-refractivity contribution in [1.82, 2.24) is 9.62 Å². The van der Waals surface area contributed by atoms with Crippen molar-refractivity contribution in [2.45, 2.75) is 37.1 Å². The van der Waals surface area contributed by atoms with Crippen molar-refractivity contribution in [3.05, 3.63) is 60.2 Å². The second-order valence-electron chi connectivity index (χ2n) is 7.35. The molecule has 3 rings (SSSR count). The quantitative estimate of drug-likeness (QED) is 0.717. The Balaban J connectivity index is 1.48. The van der Waals surface area contributed by atoms with Gasteiger partial charge in [0.1, 0.15) is 5.75 Å². The fraction of sp³-hybridized carbons (Fsp3) is 0.409. The molecule has 0 radical (unpaired) electrons. The molecule has 1 unspecified atom stereocenters. The van der Waals surface area contributed by atoms with Gasteiger partial charge in [0, 0.05) is 26.1 Å². The third-order valence-corrected chi connectivity index (χ3v) is 7.15. The largest absolute Gasteiger partial charge is 0.497 e. The van der Waals surface area contributed by atoms with Gasteiger partial charge in [-0.1, -0.05) is 30.3 Å².